The van der Waals surface area contributed by atoms with Crippen LogP contribution in [0.3, 0.4) is 0 Å². The first-order valence-electron chi connectivity index (χ1n) is 28.0. The Morgan fingerprint density at radius 3 is 0.886 bits per heavy atom. The zero-order valence-electron chi connectivity index (χ0n) is 47.5. The SMILES string of the molecule is Cc1ccccc1C[n+]1ccccc1-c1c2nc(c(-c3cccc[n+]3Cc3ccccc3C(=O)[O-])c3ccc([n-]3)c(-c3cccc[n+]3Cc3ccccc3C(=O)[O-])c3nc(c(-c4cccc[n+]4Cc4ccccc4C(=O)[O-])c4ccc1[n-]4)C=C3)C=C2.[Mn+2].[Ra]. The number of aromatic nitrogens is 8. The minimum Gasteiger partial charge on any atom is -0.656 e. The quantitative estimate of drug-likeness (QED) is 0.0743. The summed E-state index contributed by atoms with van der Waals surface area (Å²) in [4.78, 5) is 60.0. The number of carbonyl (C=O) groups excluding carboxylic acids is 3. The fourth-order valence-electron chi connectivity index (χ4n) is 11.6. The number of aromatic carboxylic acids is 3. The Balaban J connectivity index is 0.00000400. The third-order valence-electron chi connectivity index (χ3n) is 15.7. The number of carboxylic acids is 3. The summed E-state index contributed by atoms with van der Waals surface area (Å²) < 4.78 is 8.14. The van der Waals surface area contributed by atoms with Crippen LogP contribution in [0.4, 0.5) is 0 Å². The summed E-state index contributed by atoms with van der Waals surface area (Å²) in [5.74, 6) is -3.86. The van der Waals surface area contributed by atoms with Crippen molar-refractivity contribution < 1.29 is 110 Å². The minimum atomic E-state index is -1.29. The zero-order valence-corrected chi connectivity index (χ0v) is 54.5. The molecule has 8 bridgehead atoms. The van der Waals surface area contributed by atoms with Crippen LogP contribution in [0.25, 0.3) is 91.4 Å². The molecule has 0 atom stereocenters. The maximum absolute atomic E-state index is 12.6. The number of rotatable bonds is 15. The van der Waals surface area contributed by atoms with E-state index in [9.17, 15) is 29.7 Å². The van der Waals surface area contributed by atoms with E-state index < -0.39 is 17.9 Å². The Morgan fingerprint density at radius 1 is 0.352 bits per heavy atom. The fraction of sp³-hybridized carbons (Fsp3) is 0.0694. The standard InChI is InChI=1S/C72H52N8O6.Mn.Ra/c1-46-18-2-3-19-47(46)42-77-38-14-10-26-62(77)66-54-30-32-56(73-54)67(63-27-11-15-39-78(63)43-48-20-4-7-23-51(48)70(81)82)58-34-36-60(75-58)69(65-29-13-17-41-80(65)45-50-22-6-9-25-53(50)72(85)86)61-37-35-59(76-61)68(57-33-31-55(66)74-57)64-28-12-16-40-79(64)44-49-21-5-8-24-52(49)71(83)84;;/h2-41H,42-45H2,1H3,(H-3,73,74,75,76,81,82,83,84,85,86);;/q;+2;/p-1. The molecule has 0 fully saturated rings. The van der Waals surface area contributed by atoms with Gasteiger partial charge in [-0.25, -0.2) is 9.97 Å². The Labute approximate surface area is 553 Å². The van der Waals surface area contributed by atoms with Crippen molar-refractivity contribution >= 4 is 64.3 Å². The number of hydrogen-bond acceptors (Lipinski definition) is 8. The van der Waals surface area contributed by atoms with Gasteiger partial charge in [0.15, 0.2) is 51.0 Å². The molecule has 16 heteroatoms. The number of benzene rings is 4. The summed E-state index contributed by atoms with van der Waals surface area (Å²) in [5, 5.41) is 37.7. The van der Waals surface area contributed by atoms with Gasteiger partial charge in [-0.1, -0.05) is 121 Å². The average molecular weight is 1410 g/mol. The van der Waals surface area contributed by atoms with E-state index in [1.807, 2.05) is 160 Å². The van der Waals surface area contributed by atoms with Gasteiger partial charge in [0.05, 0.1) is 62.9 Å². The monoisotopic (exact) mass is 1400 g/mol. The van der Waals surface area contributed by atoms with Crippen LogP contribution in [0, 0.1) is 51.9 Å². The van der Waals surface area contributed by atoms with Gasteiger partial charge in [-0.2, -0.15) is 18.3 Å². The normalized spacial score (nSPS) is 11.4. The number of pyridine rings is 4. The van der Waals surface area contributed by atoms with E-state index in [0.717, 1.165) is 22.4 Å². The number of nitrogens with zero attached hydrogens (tertiary/aromatic N) is 8. The molecule has 0 aliphatic carbocycles. The van der Waals surface area contributed by atoms with Crippen LogP contribution in [0.5, 0.6) is 0 Å². The number of aryl methyl sites for hydroxylation is 1. The van der Waals surface area contributed by atoms with Crippen LogP contribution in [0.15, 0.2) is 219 Å². The zero-order chi connectivity index (χ0) is 58.8. The van der Waals surface area contributed by atoms with Gasteiger partial charge in [0.2, 0.25) is 22.8 Å². The second-order valence-corrected chi connectivity index (χ2v) is 21.0. The first-order valence-corrected chi connectivity index (χ1v) is 28.0. The van der Waals surface area contributed by atoms with Gasteiger partial charge in [0, 0.05) is 132 Å². The smallest absolute Gasteiger partial charge is 0.656 e. The van der Waals surface area contributed by atoms with E-state index in [0.29, 0.717) is 102 Å². The molecule has 0 saturated carbocycles. The molecule has 2 aliphatic rings. The molecule has 423 valence electrons. The van der Waals surface area contributed by atoms with Crippen LogP contribution in [-0.4, -0.2) is 27.9 Å². The predicted molar refractivity (Wildman–Crippen MR) is 319 cm³/mol. The van der Waals surface area contributed by atoms with E-state index in [1.54, 1.807) is 66.7 Å². The van der Waals surface area contributed by atoms with Gasteiger partial charge in [-0.3, -0.25) is 0 Å². The van der Waals surface area contributed by atoms with Crippen molar-refractivity contribution in [1.82, 2.24) is 19.9 Å². The Morgan fingerprint density at radius 2 is 0.602 bits per heavy atom. The molecule has 9 heterocycles. The number of hydrogen-bond donors (Lipinski definition) is 0. The van der Waals surface area contributed by atoms with Gasteiger partial charge in [0.1, 0.15) is 0 Å². The third kappa shape index (κ3) is 12.0. The summed E-state index contributed by atoms with van der Waals surface area (Å²) in [6.07, 6.45) is 15.6. The summed E-state index contributed by atoms with van der Waals surface area (Å²) in [7, 11) is 0. The largest absolute Gasteiger partial charge is 2.00 e. The molecule has 0 amide bonds. The van der Waals surface area contributed by atoms with E-state index in [1.165, 1.54) is 6.07 Å². The second kappa shape index (κ2) is 26.2. The van der Waals surface area contributed by atoms with Crippen molar-refractivity contribution in [2.24, 2.45) is 0 Å². The van der Waals surface area contributed by atoms with E-state index in [-0.39, 0.29) is 98.4 Å². The van der Waals surface area contributed by atoms with E-state index in [2.05, 4.69) is 35.9 Å². The Kier molecular flexibility index (Phi) is 17.9. The molecule has 3 radical (unpaired) electrons. The summed E-state index contributed by atoms with van der Waals surface area (Å²) in [5.41, 5.74) is 14.3. The minimum absolute atomic E-state index is 0. The van der Waals surface area contributed by atoms with Gasteiger partial charge >= 0.3 is 17.1 Å². The average Bonchev–Trinajstić information content (AvgIpc) is 2.43. The predicted octanol–water partition coefficient (Wildman–Crippen LogP) is 7.32. The molecule has 4 aromatic carbocycles. The van der Waals surface area contributed by atoms with Gasteiger partial charge in [0.25, 0.3) is 0 Å². The van der Waals surface area contributed by atoms with E-state index >= 15 is 0 Å². The van der Waals surface area contributed by atoms with Crippen LogP contribution in [-0.2, 0) is 43.2 Å². The number of fused-ring (bicyclic) bond motifs is 8. The summed E-state index contributed by atoms with van der Waals surface area (Å²) in [6.45, 7) is 3.14. The molecule has 2 aliphatic heterocycles. The number of carbonyl (C=O) groups is 3. The van der Waals surface area contributed by atoms with E-state index in [4.69, 9.17) is 19.9 Å². The van der Waals surface area contributed by atoms with Gasteiger partial charge < -0.3 is 39.7 Å². The summed E-state index contributed by atoms with van der Waals surface area (Å²) in [6, 6.07) is 60.0. The second-order valence-electron chi connectivity index (χ2n) is 21.0. The van der Waals surface area contributed by atoms with Crippen LogP contribution >= 0.6 is 0 Å². The van der Waals surface area contributed by atoms with Crippen molar-refractivity contribution in [2.75, 3.05) is 0 Å². The molecule has 88 heavy (non-hydrogen) atoms. The third-order valence-corrected chi connectivity index (χ3v) is 15.7. The Hall–Kier alpha value is -9.52. The number of carboxylic acid groups (broad SMARTS) is 3. The van der Waals surface area contributed by atoms with Crippen molar-refractivity contribution in [3.05, 3.63) is 286 Å². The molecule has 0 saturated heterocycles. The molecule has 13 rings (SSSR count). The molecular weight excluding hydrogens is 1350 g/mol. The maximum atomic E-state index is 12.6. The first kappa shape index (κ1) is 60.2. The van der Waals surface area contributed by atoms with Crippen LogP contribution in [0.2, 0.25) is 0 Å². The van der Waals surface area contributed by atoms with Crippen molar-refractivity contribution in [3.63, 3.8) is 0 Å². The van der Waals surface area contributed by atoms with Crippen molar-refractivity contribution in [2.45, 2.75) is 33.1 Å². The van der Waals surface area contributed by atoms with Crippen molar-refractivity contribution in [1.29, 1.82) is 0 Å². The first-order chi connectivity index (χ1) is 42.0. The van der Waals surface area contributed by atoms with Gasteiger partial charge in [-0.15, -0.1) is 22.1 Å². The Bertz CT molecular complexity index is 4720. The molecule has 14 nitrogen and oxygen atoms in total. The van der Waals surface area contributed by atoms with Crippen molar-refractivity contribution in [3.8, 4) is 45.0 Å². The molecule has 7 aromatic heterocycles. The van der Waals surface area contributed by atoms with Gasteiger partial charge in [-0.05, 0) is 61.1 Å². The topological polar surface area (TPSA) is 190 Å². The van der Waals surface area contributed by atoms with Crippen LogP contribution in [0.1, 0.15) is 81.7 Å². The summed E-state index contributed by atoms with van der Waals surface area (Å²) >= 11 is 0. The molecule has 0 spiro atoms. The molecule has 0 N–H and O–H groups in total. The molecule has 11 aromatic rings. The molecular formula is C72H51MnN8O6Ra+. The molecule has 0 unspecified atom stereocenters. The fourth-order valence-corrected chi connectivity index (χ4v) is 11.6. The maximum Gasteiger partial charge on any atom is 2.00 e. The van der Waals surface area contributed by atoms with Crippen LogP contribution < -0.4 is 43.6 Å².